The largest absolute Gasteiger partial charge is 1.00 e. The van der Waals surface area contributed by atoms with Crippen molar-refractivity contribution in [2.75, 3.05) is 6.54 Å². The molecule has 0 aliphatic rings. The first-order chi connectivity index (χ1) is 12.7. The zero-order chi connectivity index (χ0) is 18.4. The Hall–Kier alpha value is -2.82. The summed E-state index contributed by atoms with van der Waals surface area (Å²) in [6.45, 7) is 2.80. The molecular weight excluding hydrogens is 358 g/mol. The van der Waals surface area contributed by atoms with Gasteiger partial charge in [0.15, 0.2) is 0 Å². The van der Waals surface area contributed by atoms with Gasteiger partial charge in [0.25, 0.3) is 0 Å². The lowest BCUT2D eigenvalue weighted by atomic mass is 10.0. The van der Waals surface area contributed by atoms with Crippen molar-refractivity contribution in [1.82, 2.24) is 10.7 Å². The van der Waals surface area contributed by atoms with Gasteiger partial charge in [-0.2, -0.15) is 0 Å². The molecule has 140 valence electrons. The van der Waals surface area contributed by atoms with Gasteiger partial charge < -0.3 is 17.7 Å². The Labute approximate surface area is 165 Å². The number of benzene rings is 3. The molecule has 0 aliphatic carbocycles. The van der Waals surface area contributed by atoms with E-state index in [2.05, 4.69) is 59.9 Å². The number of halogens is 1. The first-order valence-electron chi connectivity index (χ1n) is 8.74. The van der Waals surface area contributed by atoms with Gasteiger partial charge in [-0.1, -0.05) is 73.7 Å². The molecule has 3 aromatic rings. The predicted molar refractivity (Wildman–Crippen MR) is 106 cm³/mol. The van der Waals surface area contributed by atoms with E-state index in [9.17, 15) is 4.79 Å². The summed E-state index contributed by atoms with van der Waals surface area (Å²) in [5.74, 6) is 3.57. The van der Waals surface area contributed by atoms with Gasteiger partial charge in [0, 0.05) is 6.54 Å². The number of quaternary nitrogens is 1. The molecule has 0 aromatic heterocycles. The average Bonchev–Trinajstić information content (AvgIpc) is 2.70. The Morgan fingerprint density at radius 3 is 2.37 bits per heavy atom. The molecule has 0 spiro atoms. The topological polar surface area (TPSA) is 68.8 Å². The summed E-state index contributed by atoms with van der Waals surface area (Å²) in [4.78, 5) is 12.2. The van der Waals surface area contributed by atoms with E-state index in [1.54, 1.807) is 0 Å². The maximum absolute atomic E-state index is 12.2. The molecule has 5 N–H and O–H groups in total. The molecule has 0 radical (unpaired) electrons. The summed E-state index contributed by atoms with van der Waals surface area (Å²) in [6, 6.07) is 24.6. The number of fused-ring (bicyclic) bond motifs is 1. The van der Waals surface area contributed by atoms with Crippen molar-refractivity contribution >= 4 is 22.8 Å². The van der Waals surface area contributed by atoms with E-state index in [4.69, 9.17) is 0 Å². The van der Waals surface area contributed by atoms with Crippen LogP contribution in [-0.4, -0.2) is 12.5 Å². The third-order valence-electron chi connectivity index (χ3n) is 4.46. The minimum atomic E-state index is -0.224. The number of carbonyl (C=O) groups excluding carboxylic acids is 1. The Morgan fingerprint density at radius 1 is 1.00 bits per heavy atom. The van der Waals surface area contributed by atoms with Crippen LogP contribution in [0.4, 0.5) is 0 Å². The van der Waals surface area contributed by atoms with Crippen LogP contribution in [0, 0.1) is 0 Å². The molecule has 0 saturated carbocycles. The van der Waals surface area contributed by atoms with Crippen molar-refractivity contribution in [1.29, 1.82) is 0 Å². The summed E-state index contributed by atoms with van der Waals surface area (Å²) in [5.41, 5.74) is 5.19. The highest BCUT2D eigenvalue weighted by Gasteiger charge is 2.12. The monoisotopic (exact) mass is 381 g/mol. The molecule has 0 bridgehead atoms. The second kappa shape index (κ2) is 9.76. The van der Waals surface area contributed by atoms with Gasteiger partial charge in [0.2, 0.25) is 0 Å². The van der Waals surface area contributed by atoms with E-state index in [0.717, 1.165) is 10.9 Å². The maximum Gasteiger partial charge on any atom is 0.311 e. The number of hydrogen-bond acceptors (Lipinski definition) is 2. The molecule has 1 atom stereocenters. The molecule has 0 aliphatic heterocycles. The first kappa shape index (κ1) is 20.5. The molecule has 0 heterocycles. The molecule has 0 saturated heterocycles. The summed E-state index contributed by atoms with van der Waals surface area (Å²) in [6.07, 6.45) is 1.87. The second-order valence-electron chi connectivity index (χ2n) is 6.36. The molecule has 5 heteroatoms. The normalized spacial score (nSPS) is 12.1. The Kier molecular flexibility index (Phi) is 7.41. The minimum absolute atomic E-state index is 0. The molecule has 1 amide bonds. The molecule has 3 aromatic carbocycles. The van der Waals surface area contributed by atoms with Crippen molar-refractivity contribution in [2.45, 2.75) is 12.8 Å². The number of rotatable bonds is 6. The van der Waals surface area contributed by atoms with Crippen molar-refractivity contribution in [3.05, 3.63) is 89.6 Å². The average molecular weight is 382 g/mol. The SMILES string of the molecule is CC(CN/C(=C/c1ccc2ccccc2c1)C(=O)N[NH3+])c1ccccc1.[Cl-]. The van der Waals surface area contributed by atoms with Crippen molar-refractivity contribution < 1.29 is 23.0 Å². The van der Waals surface area contributed by atoms with Crippen LogP contribution in [0.3, 0.4) is 0 Å². The second-order valence-corrected chi connectivity index (χ2v) is 6.36. The van der Waals surface area contributed by atoms with Gasteiger partial charge in [-0.05, 0) is 40.0 Å². The lowest BCUT2D eigenvalue weighted by molar-refractivity contribution is -0.426. The third-order valence-corrected chi connectivity index (χ3v) is 4.46. The summed E-state index contributed by atoms with van der Waals surface area (Å²) in [7, 11) is 0. The van der Waals surface area contributed by atoms with Gasteiger partial charge >= 0.3 is 5.91 Å². The Bertz CT molecular complexity index is 925. The van der Waals surface area contributed by atoms with E-state index in [1.807, 2.05) is 42.5 Å². The number of carbonyl (C=O) groups is 1. The molecule has 1 unspecified atom stereocenters. The van der Waals surface area contributed by atoms with Crippen LogP contribution >= 0.6 is 0 Å². The smallest absolute Gasteiger partial charge is 0.311 e. The minimum Gasteiger partial charge on any atom is -1.00 e. The fourth-order valence-electron chi connectivity index (χ4n) is 2.92. The highest BCUT2D eigenvalue weighted by atomic mass is 35.5. The fourth-order valence-corrected chi connectivity index (χ4v) is 2.92. The van der Waals surface area contributed by atoms with Crippen molar-refractivity contribution in [3.63, 3.8) is 0 Å². The Morgan fingerprint density at radius 2 is 1.67 bits per heavy atom. The van der Waals surface area contributed by atoms with Crippen LogP contribution in [0.25, 0.3) is 16.8 Å². The first-order valence-corrected chi connectivity index (χ1v) is 8.74. The lowest BCUT2D eigenvalue weighted by Crippen LogP contribution is -3.00. The molecule has 0 fully saturated rings. The zero-order valence-electron chi connectivity index (χ0n) is 15.3. The molecule has 4 nitrogen and oxygen atoms in total. The Balaban J connectivity index is 0.00000261. The summed E-state index contributed by atoms with van der Waals surface area (Å²) < 4.78 is 0. The van der Waals surface area contributed by atoms with E-state index < -0.39 is 0 Å². The number of hydrogen-bond donors (Lipinski definition) is 3. The van der Waals surface area contributed by atoms with Crippen LogP contribution in [-0.2, 0) is 4.79 Å². The number of nitrogens with one attached hydrogen (secondary N) is 2. The standard InChI is InChI=1S/C22H23N3O.ClH/c1-16(18-7-3-2-4-8-18)15-24-21(22(26)25-23)14-17-11-12-19-9-5-6-10-20(19)13-17;/h2-14,16,24H,15,23H2,1H3,(H,25,26);1H/b21-14+;. The predicted octanol–water partition coefficient (Wildman–Crippen LogP) is -0.149. The quantitative estimate of drug-likeness (QED) is 0.410. The van der Waals surface area contributed by atoms with Crippen LogP contribution in [0.15, 0.2) is 78.5 Å². The van der Waals surface area contributed by atoms with Crippen LogP contribution in [0.5, 0.6) is 0 Å². The van der Waals surface area contributed by atoms with Gasteiger partial charge in [-0.3, -0.25) is 10.6 Å². The van der Waals surface area contributed by atoms with Crippen LogP contribution in [0.2, 0.25) is 0 Å². The van der Waals surface area contributed by atoms with Crippen LogP contribution < -0.4 is 29.0 Å². The molecule has 27 heavy (non-hydrogen) atoms. The summed E-state index contributed by atoms with van der Waals surface area (Å²) in [5, 5.41) is 5.60. The summed E-state index contributed by atoms with van der Waals surface area (Å²) >= 11 is 0. The zero-order valence-corrected chi connectivity index (χ0v) is 16.0. The van der Waals surface area contributed by atoms with E-state index in [-0.39, 0.29) is 24.2 Å². The number of amides is 1. The molecular formula is C22H24ClN3O. The third kappa shape index (κ3) is 5.33. The van der Waals surface area contributed by atoms with Gasteiger partial charge in [-0.25, -0.2) is 5.43 Å². The van der Waals surface area contributed by atoms with Crippen LogP contribution in [0.1, 0.15) is 24.0 Å². The van der Waals surface area contributed by atoms with Crippen molar-refractivity contribution in [2.24, 2.45) is 0 Å². The fraction of sp³-hybridized carbons (Fsp3) is 0.136. The van der Waals surface area contributed by atoms with E-state index in [0.29, 0.717) is 12.2 Å². The van der Waals surface area contributed by atoms with Gasteiger partial charge in [0.05, 0.1) is 0 Å². The highest BCUT2D eigenvalue weighted by molar-refractivity contribution is 5.97. The van der Waals surface area contributed by atoms with E-state index in [1.165, 1.54) is 10.9 Å². The van der Waals surface area contributed by atoms with Gasteiger partial charge in [0.1, 0.15) is 5.70 Å². The van der Waals surface area contributed by atoms with Gasteiger partial charge in [-0.15, -0.1) is 0 Å². The molecule has 3 rings (SSSR count). The van der Waals surface area contributed by atoms with Crippen molar-refractivity contribution in [3.8, 4) is 0 Å². The lowest BCUT2D eigenvalue weighted by Gasteiger charge is -2.15. The van der Waals surface area contributed by atoms with E-state index >= 15 is 0 Å². The maximum atomic E-state index is 12.2. The highest BCUT2D eigenvalue weighted by Crippen LogP contribution is 2.18.